The van der Waals surface area contributed by atoms with Gasteiger partial charge in [-0.3, -0.25) is 4.79 Å². The van der Waals surface area contributed by atoms with Gasteiger partial charge in [0.15, 0.2) is 0 Å². The number of fused-ring (bicyclic) bond motifs is 1. The molecule has 90 valence electrons. The Morgan fingerprint density at radius 3 is 2.88 bits per heavy atom. The van der Waals surface area contributed by atoms with E-state index in [0.717, 1.165) is 22.2 Å². The first-order valence-electron chi connectivity index (χ1n) is 5.61. The van der Waals surface area contributed by atoms with Crippen LogP contribution in [0.1, 0.15) is 12.5 Å². The molecule has 0 aliphatic heterocycles. The first-order valence-corrected chi connectivity index (χ1v) is 5.61. The summed E-state index contributed by atoms with van der Waals surface area (Å²) in [6.07, 6.45) is 2.20. The molecule has 0 aliphatic rings. The number of aryl methyl sites for hydroxylation is 1. The number of amides is 1. The van der Waals surface area contributed by atoms with Crippen molar-refractivity contribution in [2.24, 2.45) is 12.8 Å². The van der Waals surface area contributed by atoms with Gasteiger partial charge in [0.25, 0.3) is 0 Å². The number of hydrogen-bond acceptors (Lipinski definition) is 2. The summed E-state index contributed by atoms with van der Waals surface area (Å²) in [5.74, 6) is 0.526. The van der Waals surface area contributed by atoms with E-state index in [1.165, 1.54) is 0 Å². The van der Waals surface area contributed by atoms with Crippen LogP contribution < -0.4 is 10.5 Å². The number of primary amides is 1. The fourth-order valence-electron chi connectivity index (χ4n) is 2.03. The molecule has 0 aliphatic carbocycles. The second-order valence-corrected chi connectivity index (χ2v) is 4.02. The number of aromatic nitrogens is 1. The second kappa shape index (κ2) is 4.49. The van der Waals surface area contributed by atoms with E-state index in [2.05, 4.69) is 0 Å². The molecule has 0 spiro atoms. The van der Waals surface area contributed by atoms with E-state index in [-0.39, 0.29) is 12.3 Å². The first-order chi connectivity index (χ1) is 8.11. The van der Waals surface area contributed by atoms with Gasteiger partial charge in [-0.25, -0.2) is 0 Å². The molecule has 0 saturated heterocycles. The van der Waals surface area contributed by atoms with E-state index in [4.69, 9.17) is 10.5 Å². The van der Waals surface area contributed by atoms with E-state index >= 15 is 0 Å². The fourth-order valence-corrected chi connectivity index (χ4v) is 2.03. The zero-order chi connectivity index (χ0) is 12.4. The standard InChI is InChI=1S/C13H16N2O2/c1-3-17-10-4-5-11-9(6-13(14)16)8-15(2)12(11)7-10/h4-5,7-8H,3,6H2,1-2H3,(H2,14,16). The predicted octanol–water partition coefficient (Wildman–Crippen LogP) is 1.60. The number of hydrogen-bond donors (Lipinski definition) is 1. The van der Waals surface area contributed by atoms with Crippen molar-refractivity contribution >= 4 is 16.8 Å². The smallest absolute Gasteiger partial charge is 0.221 e. The van der Waals surface area contributed by atoms with Crippen molar-refractivity contribution in [1.82, 2.24) is 4.57 Å². The molecule has 4 heteroatoms. The Labute approximate surface area is 100.0 Å². The van der Waals surface area contributed by atoms with Gasteiger partial charge >= 0.3 is 0 Å². The Bertz CT molecular complexity index is 558. The third kappa shape index (κ3) is 2.25. The lowest BCUT2D eigenvalue weighted by atomic mass is 10.1. The van der Waals surface area contributed by atoms with Crippen molar-refractivity contribution in [1.29, 1.82) is 0 Å². The van der Waals surface area contributed by atoms with Crippen molar-refractivity contribution in [3.8, 4) is 5.75 Å². The summed E-state index contributed by atoms with van der Waals surface area (Å²) in [6.45, 7) is 2.60. The van der Waals surface area contributed by atoms with Crippen LogP contribution in [0.3, 0.4) is 0 Å². The molecule has 4 nitrogen and oxygen atoms in total. The Balaban J connectivity index is 2.49. The molecule has 2 N–H and O–H groups in total. The molecule has 0 radical (unpaired) electrons. The molecule has 1 aromatic heterocycles. The molecule has 1 heterocycles. The summed E-state index contributed by atoms with van der Waals surface area (Å²) >= 11 is 0. The van der Waals surface area contributed by atoms with Gasteiger partial charge in [-0.15, -0.1) is 0 Å². The van der Waals surface area contributed by atoms with Gasteiger partial charge in [0.1, 0.15) is 5.75 Å². The maximum absolute atomic E-state index is 11.0. The lowest BCUT2D eigenvalue weighted by molar-refractivity contribution is -0.117. The number of benzene rings is 1. The summed E-state index contributed by atoms with van der Waals surface area (Å²) in [5, 5.41) is 1.05. The highest BCUT2D eigenvalue weighted by Gasteiger charge is 2.09. The average Bonchev–Trinajstić information content (AvgIpc) is 2.55. The quantitative estimate of drug-likeness (QED) is 0.870. The lowest BCUT2D eigenvalue weighted by Gasteiger charge is -2.03. The maximum atomic E-state index is 11.0. The molecule has 17 heavy (non-hydrogen) atoms. The lowest BCUT2D eigenvalue weighted by Crippen LogP contribution is -2.13. The van der Waals surface area contributed by atoms with E-state index in [1.54, 1.807) is 0 Å². The molecule has 0 unspecified atom stereocenters. The van der Waals surface area contributed by atoms with Crippen LogP contribution in [0.15, 0.2) is 24.4 Å². The minimum absolute atomic E-state index is 0.269. The topological polar surface area (TPSA) is 57.2 Å². The van der Waals surface area contributed by atoms with Crippen LogP contribution >= 0.6 is 0 Å². The SMILES string of the molecule is CCOc1ccc2c(CC(N)=O)cn(C)c2c1. The monoisotopic (exact) mass is 232 g/mol. The first kappa shape index (κ1) is 11.5. The molecule has 0 atom stereocenters. The van der Waals surface area contributed by atoms with Crippen molar-refractivity contribution in [3.63, 3.8) is 0 Å². The molecular formula is C13H16N2O2. The van der Waals surface area contributed by atoms with Crippen LogP contribution in [0.25, 0.3) is 10.9 Å². The van der Waals surface area contributed by atoms with Gasteiger partial charge in [-0.05, 0) is 24.6 Å². The van der Waals surface area contributed by atoms with Crippen LogP contribution in [0.5, 0.6) is 5.75 Å². The predicted molar refractivity (Wildman–Crippen MR) is 67.0 cm³/mol. The minimum Gasteiger partial charge on any atom is -0.494 e. The third-order valence-corrected chi connectivity index (χ3v) is 2.72. The maximum Gasteiger partial charge on any atom is 0.221 e. The Morgan fingerprint density at radius 1 is 1.47 bits per heavy atom. The minimum atomic E-state index is -0.314. The Hall–Kier alpha value is -1.97. The third-order valence-electron chi connectivity index (χ3n) is 2.72. The summed E-state index contributed by atoms with van der Waals surface area (Å²) in [7, 11) is 1.95. The summed E-state index contributed by atoms with van der Waals surface area (Å²) in [5.41, 5.74) is 7.23. The number of nitrogens with zero attached hydrogens (tertiary/aromatic N) is 1. The molecule has 0 saturated carbocycles. The number of carbonyl (C=O) groups is 1. The van der Waals surface area contributed by atoms with Crippen LogP contribution in [-0.2, 0) is 18.3 Å². The summed E-state index contributed by atoms with van der Waals surface area (Å²) in [6, 6.07) is 5.86. The highest BCUT2D eigenvalue weighted by Crippen LogP contribution is 2.25. The number of ether oxygens (including phenoxy) is 1. The van der Waals surface area contributed by atoms with Crippen LogP contribution in [0.4, 0.5) is 0 Å². The van der Waals surface area contributed by atoms with Crippen LogP contribution in [0.2, 0.25) is 0 Å². The average molecular weight is 232 g/mol. The van der Waals surface area contributed by atoms with Gasteiger partial charge in [0, 0.05) is 24.7 Å². The zero-order valence-electron chi connectivity index (χ0n) is 10.1. The van der Waals surface area contributed by atoms with Gasteiger partial charge in [0.2, 0.25) is 5.91 Å². The van der Waals surface area contributed by atoms with Crippen LogP contribution in [0, 0.1) is 0 Å². The number of rotatable bonds is 4. The van der Waals surface area contributed by atoms with Crippen molar-refractivity contribution < 1.29 is 9.53 Å². The molecule has 2 aromatic rings. The molecule has 0 bridgehead atoms. The normalized spacial score (nSPS) is 10.7. The fraction of sp³-hybridized carbons (Fsp3) is 0.308. The Kier molecular flexibility index (Phi) is 3.04. The van der Waals surface area contributed by atoms with Crippen molar-refractivity contribution in [3.05, 3.63) is 30.0 Å². The van der Waals surface area contributed by atoms with Gasteiger partial charge in [-0.2, -0.15) is 0 Å². The van der Waals surface area contributed by atoms with E-state index in [1.807, 2.05) is 42.9 Å². The molecular weight excluding hydrogens is 216 g/mol. The van der Waals surface area contributed by atoms with E-state index in [0.29, 0.717) is 6.61 Å². The summed E-state index contributed by atoms with van der Waals surface area (Å²) in [4.78, 5) is 11.0. The second-order valence-electron chi connectivity index (χ2n) is 4.02. The van der Waals surface area contributed by atoms with E-state index < -0.39 is 0 Å². The highest BCUT2D eigenvalue weighted by atomic mass is 16.5. The molecule has 1 aromatic carbocycles. The van der Waals surface area contributed by atoms with Gasteiger partial charge < -0.3 is 15.0 Å². The van der Waals surface area contributed by atoms with Crippen molar-refractivity contribution in [2.45, 2.75) is 13.3 Å². The molecule has 1 amide bonds. The molecule has 2 rings (SSSR count). The van der Waals surface area contributed by atoms with Gasteiger partial charge in [0.05, 0.1) is 18.5 Å². The molecule has 0 fully saturated rings. The van der Waals surface area contributed by atoms with Gasteiger partial charge in [-0.1, -0.05) is 0 Å². The zero-order valence-corrected chi connectivity index (χ0v) is 10.1. The number of carbonyl (C=O) groups excluding carboxylic acids is 1. The van der Waals surface area contributed by atoms with Crippen molar-refractivity contribution in [2.75, 3.05) is 6.61 Å². The largest absolute Gasteiger partial charge is 0.494 e. The van der Waals surface area contributed by atoms with Crippen LogP contribution in [-0.4, -0.2) is 17.1 Å². The highest BCUT2D eigenvalue weighted by molar-refractivity contribution is 5.89. The number of nitrogens with two attached hydrogens (primary N) is 1. The van der Waals surface area contributed by atoms with E-state index in [9.17, 15) is 4.79 Å². The summed E-state index contributed by atoms with van der Waals surface area (Å²) < 4.78 is 7.44. The Morgan fingerprint density at radius 2 is 2.24 bits per heavy atom.